The van der Waals surface area contributed by atoms with E-state index in [0.717, 1.165) is 32.5 Å². The highest BCUT2D eigenvalue weighted by atomic mass is 16.2. The second kappa shape index (κ2) is 6.03. The molecule has 116 valence electrons. The van der Waals surface area contributed by atoms with Gasteiger partial charge in [0, 0.05) is 32.6 Å². The third-order valence-corrected chi connectivity index (χ3v) is 4.63. The molecule has 1 atom stereocenters. The predicted molar refractivity (Wildman–Crippen MR) is 76.2 cm³/mol. The number of carbonyl (C=O) groups excluding carboxylic acids is 3. The van der Waals surface area contributed by atoms with Crippen molar-refractivity contribution in [2.45, 2.75) is 32.1 Å². The number of amides is 3. The van der Waals surface area contributed by atoms with E-state index in [9.17, 15) is 14.4 Å². The Balaban J connectivity index is 1.42. The summed E-state index contributed by atoms with van der Waals surface area (Å²) in [4.78, 5) is 39.4. The van der Waals surface area contributed by atoms with E-state index in [4.69, 9.17) is 0 Å². The SMILES string of the molecule is O=C(NCC(=O)N1CCCC1)[C@H]1CC(=O)N(CC2CC2)C1. The summed E-state index contributed by atoms with van der Waals surface area (Å²) in [6, 6.07) is 0. The standard InChI is InChI=1S/C15H23N3O3/c19-13-7-12(10-18(13)9-11-3-4-11)15(21)16-8-14(20)17-5-1-2-6-17/h11-12H,1-10H2,(H,16,21)/t12-/m0/s1. The van der Waals surface area contributed by atoms with E-state index in [0.29, 0.717) is 12.5 Å². The summed E-state index contributed by atoms with van der Waals surface area (Å²) < 4.78 is 0. The van der Waals surface area contributed by atoms with Gasteiger partial charge in [-0.25, -0.2) is 0 Å². The first-order valence-corrected chi connectivity index (χ1v) is 7.97. The zero-order chi connectivity index (χ0) is 14.8. The van der Waals surface area contributed by atoms with E-state index in [-0.39, 0.29) is 36.6 Å². The number of hydrogen-bond acceptors (Lipinski definition) is 3. The van der Waals surface area contributed by atoms with E-state index in [1.165, 1.54) is 12.8 Å². The Kier molecular flexibility index (Phi) is 4.12. The average Bonchev–Trinajstić information content (AvgIpc) is 2.98. The van der Waals surface area contributed by atoms with Gasteiger partial charge in [0.1, 0.15) is 0 Å². The Bertz CT molecular complexity index is 441. The van der Waals surface area contributed by atoms with Crippen molar-refractivity contribution >= 4 is 17.7 Å². The zero-order valence-electron chi connectivity index (χ0n) is 12.3. The molecule has 2 saturated heterocycles. The number of rotatable bonds is 5. The number of carbonyl (C=O) groups is 3. The molecule has 0 radical (unpaired) electrons. The summed E-state index contributed by atoms with van der Waals surface area (Å²) in [5, 5.41) is 2.70. The van der Waals surface area contributed by atoms with Crippen LogP contribution in [-0.2, 0) is 14.4 Å². The molecule has 3 rings (SSSR count). The summed E-state index contributed by atoms with van der Waals surface area (Å²) >= 11 is 0. The Hall–Kier alpha value is -1.59. The van der Waals surface area contributed by atoms with Crippen molar-refractivity contribution < 1.29 is 14.4 Å². The monoisotopic (exact) mass is 293 g/mol. The van der Waals surface area contributed by atoms with Crippen molar-refractivity contribution in [3.05, 3.63) is 0 Å². The van der Waals surface area contributed by atoms with E-state index >= 15 is 0 Å². The molecule has 2 aliphatic heterocycles. The molecule has 0 aromatic rings. The summed E-state index contributed by atoms with van der Waals surface area (Å²) in [5.74, 6) is 0.261. The van der Waals surface area contributed by atoms with Gasteiger partial charge in [-0.3, -0.25) is 14.4 Å². The van der Waals surface area contributed by atoms with Crippen LogP contribution < -0.4 is 5.32 Å². The molecule has 0 aromatic carbocycles. The largest absolute Gasteiger partial charge is 0.347 e. The minimum absolute atomic E-state index is 0.0139. The number of likely N-dealkylation sites (tertiary alicyclic amines) is 2. The zero-order valence-corrected chi connectivity index (χ0v) is 12.3. The minimum Gasteiger partial charge on any atom is -0.347 e. The molecule has 3 amide bonds. The van der Waals surface area contributed by atoms with Crippen LogP contribution in [0.5, 0.6) is 0 Å². The Morgan fingerprint density at radius 2 is 1.90 bits per heavy atom. The number of nitrogens with one attached hydrogen (secondary N) is 1. The fourth-order valence-electron chi connectivity index (χ4n) is 3.12. The van der Waals surface area contributed by atoms with Gasteiger partial charge < -0.3 is 15.1 Å². The van der Waals surface area contributed by atoms with Crippen LogP contribution in [0.1, 0.15) is 32.1 Å². The van der Waals surface area contributed by atoms with Crippen molar-refractivity contribution in [2.24, 2.45) is 11.8 Å². The lowest BCUT2D eigenvalue weighted by Gasteiger charge is -2.17. The molecule has 6 heteroatoms. The quantitative estimate of drug-likeness (QED) is 0.775. The van der Waals surface area contributed by atoms with Crippen molar-refractivity contribution in [3.8, 4) is 0 Å². The average molecular weight is 293 g/mol. The van der Waals surface area contributed by atoms with Crippen LogP contribution in [0.3, 0.4) is 0 Å². The van der Waals surface area contributed by atoms with Gasteiger partial charge in [0.25, 0.3) is 0 Å². The third kappa shape index (κ3) is 3.54. The number of hydrogen-bond donors (Lipinski definition) is 1. The van der Waals surface area contributed by atoms with Crippen LogP contribution in [0.2, 0.25) is 0 Å². The molecule has 21 heavy (non-hydrogen) atoms. The topological polar surface area (TPSA) is 69.7 Å². The molecule has 0 bridgehead atoms. The maximum absolute atomic E-state index is 12.1. The fourth-order valence-corrected chi connectivity index (χ4v) is 3.12. The molecular weight excluding hydrogens is 270 g/mol. The summed E-state index contributed by atoms with van der Waals surface area (Å²) in [6.07, 6.45) is 4.78. The molecule has 3 fully saturated rings. The highest BCUT2D eigenvalue weighted by Gasteiger charge is 2.37. The third-order valence-electron chi connectivity index (χ3n) is 4.63. The second-order valence-corrected chi connectivity index (χ2v) is 6.45. The van der Waals surface area contributed by atoms with Crippen molar-refractivity contribution in [3.63, 3.8) is 0 Å². The molecule has 6 nitrogen and oxygen atoms in total. The second-order valence-electron chi connectivity index (χ2n) is 6.45. The lowest BCUT2D eigenvalue weighted by Crippen LogP contribution is -2.41. The van der Waals surface area contributed by atoms with E-state index < -0.39 is 0 Å². The van der Waals surface area contributed by atoms with Gasteiger partial charge in [0.15, 0.2) is 0 Å². The van der Waals surface area contributed by atoms with Crippen LogP contribution in [0.25, 0.3) is 0 Å². The van der Waals surface area contributed by atoms with Crippen molar-refractivity contribution in [2.75, 3.05) is 32.7 Å². The smallest absolute Gasteiger partial charge is 0.241 e. The number of nitrogens with zero attached hydrogens (tertiary/aromatic N) is 2. The van der Waals surface area contributed by atoms with E-state index in [1.54, 1.807) is 4.90 Å². The maximum Gasteiger partial charge on any atom is 0.241 e. The first-order valence-electron chi connectivity index (χ1n) is 7.97. The van der Waals surface area contributed by atoms with Gasteiger partial charge in [0.2, 0.25) is 17.7 Å². The van der Waals surface area contributed by atoms with Crippen LogP contribution in [0.15, 0.2) is 0 Å². The molecule has 1 N–H and O–H groups in total. The highest BCUT2D eigenvalue weighted by Crippen LogP contribution is 2.31. The Labute approximate surface area is 124 Å². The van der Waals surface area contributed by atoms with Gasteiger partial charge in [-0.2, -0.15) is 0 Å². The van der Waals surface area contributed by atoms with Gasteiger partial charge >= 0.3 is 0 Å². The molecule has 0 aromatic heterocycles. The first kappa shape index (κ1) is 14.4. The van der Waals surface area contributed by atoms with E-state index in [2.05, 4.69) is 5.32 Å². The minimum atomic E-state index is -0.289. The highest BCUT2D eigenvalue weighted by molar-refractivity contribution is 5.91. The predicted octanol–water partition coefficient (Wildman–Crippen LogP) is -0.0165. The summed E-state index contributed by atoms with van der Waals surface area (Å²) in [7, 11) is 0. The van der Waals surface area contributed by atoms with Crippen molar-refractivity contribution in [1.29, 1.82) is 0 Å². The molecule has 0 spiro atoms. The summed E-state index contributed by atoms with van der Waals surface area (Å²) in [6.45, 7) is 2.97. The lowest BCUT2D eigenvalue weighted by molar-refractivity contribution is -0.133. The van der Waals surface area contributed by atoms with Crippen LogP contribution in [-0.4, -0.2) is 60.2 Å². The van der Waals surface area contributed by atoms with Crippen LogP contribution in [0.4, 0.5) is 0 Å². The van der Waals surface area contributed by atoms with Gasteiger partial charge in [0.05, 0.1) is 12.5 Å². The molecule has 2 heterocycles. The van der Waals surface area contributed by atoms with Crippen LogP contribution >= 0.6 is 0 Å². The molecule has 3 aliphatic rings. The van der Waals surface area contributed by atoms with Gasteiger partial charge in [-0.15, -0.1) is 0 Å². The molecular formula is C15H23N3O3. The normalized spacial score (nSPS) is 25.5. The molecule has 1 aliphatic carbocycles. The van der Waals surface area contributed by atoms with E-state index in [1.807, 2.05) is 4.90 Å². The van der Waals surface area contributed by atoms with Crippen LogP contribution in [0, 0.1) is 11.8 Å². The lowest BCUT2D eigenvalue weighted by atomic mass is 10.1. The summed E-state index contributed by atoms with van der Waals surface area (Å²) in [5.41, 5.74) is 0. The van der Waals surface area contributed by atoms with Crippen molar-refractivity contribution in [1.82, 2.24) is 15.1 Å². The van der Waals surface area contributed by atoms with Gasteiger partial charge in [-0.1, -0.05) is 0 Å². The molecule has 0 unspecified atom stereocenters. The fraction of sp³-hybridized carbons (Fsp3) is 0.800. The Morgan fingerprint density at radius 1 is 1.19 bits per heavy atom. The maximum atomic E-state index is 12.1. The Morgan fingerprint density at radius 3 is 2.57 bits per heavy atom. The molecule has 1 saturated carbocycles. The van der Waals surface area contributed by atoms with Gasteiger partial charge in [-0.05, 0) is 31.6 Å². The first-order chi connectivity index (χ1) is 10.1.